The van der Waals surface area contributed by atoms with Crippen LogP contribution in [0.3, 0.4) is 0 Å². The van der Waals surface area contributed by atoms with Crippen molar-refractivity contribution >= 4 is 17.6 Å². The Morgan fingerprint density at radius 1 is 1.00 bits per heavy atom. The summed E-state index contributed by atoms with van der Waals surface area (Å²) >= 11 is 0. The van der Waals surface area contributed by atoms with Crippen LogP contribution in [0.2, 0.25) is 0 Å². The molecule has 0 saturated heterocycles. The van der Waals surface area contributed by atoms with Crippen LogP contribution < -0.4 is 16.0 Å². The van der Waals surface area contributed by atoms with Gasteiger partial charge in [-0.25, -0.2) is 4.79 Å². The second-order valence-electron chi connectivity index (χ2n) is 7.13. The molecule has 3 rings (SSSR count). The number of benzene rings is 2. The van der Waals surface area contributed by atoms with Gasteiger partial charge in [0.25, 0.3) is 5.91 Å². The van der Waals surface area contributed by atoms with Gasteiger partial charge in [-0.05, 0) is 62.9 Å². The van der Waals surface area contributed by atoms with E-state index < -0.39 is 6.04 Å². The van der Waals surface area contributed by atoms with Gasteiger partial charge in [-0.15, -0.1) is 0 Å². The van der Waals surface area contributed by atoms with Crippen LogP contribution in [0.25, 0.3) is 0 Å². The first-order valence-corrected chi connectivity index (χ1v) is 9.01. The van der Waals surface area contributed by atoms with Crippen molar-refractivity contribution in [3.8, 4) is 0 Å². The monoisotopic (exact) mass is 363 g/mol. The standard InChI is InChI=1S/C22H25N3O2/c1-12-9-10-18(14(3)11-12)24-21(26)19-16(5)23-22(27)25-20(19)17-8-6-7-13(2)15(17)4/h6-11,20H,1-5H3,(H,24,26)(H2,23,25,27). The Labute approximate surface area is 159 Å². The van der Waals surface area contributed by atoms with Gasteiger partial charge >= 0.3 is 6.03 Å². The molecule has 1 aliphatic rings. The summed E-state index contributed by atoms with van der Waals surface area (Å²) in [6, 6.07) is 11.0. The van der Waals surface area contributed by atoms with E-state index >= 15 is 0 Å². The molecule has 3 amide bonds. The highest BCUT2D eigenvalue weighted by Gasteiger charge is 2.32. The fourth-order valence-corrected chi connectivity index (χ4v) is 3.46. The highest BCUT2D eigenvalue weighted by Crippen LogP contribution is 2.31. The minimum absolute atomic E-state index is 0.224. The zero-order valence-electron chi connectivity index (χ0n) is 16.4. The number of anilines is 1. The largest absolute Gasteiger partial charge is 0.327 e. The van der Waals surface area contributed by atoms with E-state index in [1.54, 1.807) is 6.92 Å². The van der Waals surface area contributed by atoms with E-state index in [9.17, 15) is 9.59 Å². The smallest absolute Gasteiger partial charge is 0.319 e. The number of amides is 3. The summed E-state index contributed by atoms with van der Waals surface area (Å²) in [4.78, 5) is 25.2. The van der Waals surface area contributed by atoms with Crippen molar-refractivity contribution in [2.45, 2.75) is 40.7 Å². The zero-order valence-corrected chi connectivity index (χ0v) is 16.4. The third-order valence-electron chi connectivity index (χ3n) is 5.10. The first-order chi connectivity index (χ1) is 12.8. The van der Waals surface area contributed by atoms with Crippen molar-refractivity contribution in [2.24, 2.45) is 0 Å². The number of aryl methyl sites for hydroxylation is 3. The van der Waals surface area contributed by atoms with Crippen LogP contribution in [0.5, 0.6) is 0 Å². The molecule has 0 fully saturated rings. The number of allylic oxidation sites excluding steroid dienone is 1. The van der Waals surface area contributed by atoms with E-state index in [0.717, 1.165) is 33.5 Å². The molecular formula is C22H25N3O2. The van der Waals surface area contributed by atoms with E-state index in [4.69, 9.17) is 0 Å². The maximum atomic E-state index is 13.1. The van der Waals surface area contributed by atoms with Crippen molar-refractivity contribution < 1.29 is 9.59 Å². The Morgan fingerprint density at radius 2 is 1.74 bits per heavy atom. The molecule has 1 atom stereocenters. The molecule has 0 saturated carbocycles. The van der Waals surface area contributed by atoms with Crippen molar-refractivity contribution in [2.75, 3.05) is 5.32 Å². The van der Waals surface area contributed by atoms with Gasteiger partial charge in [0.1, 0.15) is 0 Å². The predicted molar refractivity (Wildman–Crippen MR) is 108 cm³/mol. The lowest BCUT2D eigenvalue weighted by Crippen LogP contribution is -2.46. The fraction of sp³-hybridized carbons (Fsp3) is 0.273. The van der Waals surface area contributed by atoms with Crippen molar-refractivity contribution in [1.29, 1.82) is 0 Å². The normalized spacial score (nSPS) is 16.6. The van der Waals surface area contributed by atoms with Gasteiger partial charge in [0, 0.05) is 11.4 Å². The van der Waals surface area contributed by atoms with Crippen molar-refractivity contribution in [1.82, 2.24) is 10.6 Å². The van der Waals surface area contributed by atoms with Crippen molar-refractivity contribution in [3.05, 3.63) is 75.5 Å². The third kappa shape index (κ3) is 3.72. The first-order valence-electron chi connectivity index (χ1n) is 9.01. The van der Waals surface area contributed by atoms with E-state index in [1.807, 2.05) is 64.1 Å². The lowest BCUT2D eigenvalue weighted by atomic mass is 9.90. The summed E-state index contributed by atoms with van der Waals surface area (Å²) in [5.41, 5.74) is 7.09. The topological polar surface area (TPSA) is 70.2 Å². The van der Waals surface area contributed by atoms with Crippen LogP contribution in [0, 0.1) is 27.7 Å². The van der Waals surface area contributed by atoms with Crippen LogP contribution in [0.1, 0.15) is 40.8 Å². The summed E-state index contributed by atoms with van der Waals surface area (Å²) in [6.45, 7) is 9.77. The molecule has 2 aromatic rings. The highest BCUT2D eigenvalue weighted by molar-refractivity contribution is 6.07. The van der Waals surface area contributed by atoms with Gasteiger partial charge in [-0.1, -0.05) is 35.9 Å². The van der Waals surface area contributed by atoms with Gasteiger partial charge in [0.15, 0.2) is 0 Å². The molecular weight excluding hydrogens is 338 g/mol. The number of rotatable bonds is 3. The predicted octanol–water partition coefficient (Wildman–Crippen LogP) is 4.19. The van der Waals surface area contributed by atoms with E-state index in [-0.39, 0.29) is 11.9 Å². The van der Waals surface area contributed by atoms with Crippen LogP contribution in [0.4, 0.5) is 10.5 Å². The lowest BCUT2D eigenvalue weighted by molar-refractivity contribution is -0.113. The molecule has 27 heavy (non-hydrogen) atoms. The molecule has 1 heterocycles. The number of hydrogen-bond donors (Lipinski definition) is 3. The number of carbonyl (C=O) groups is 2. The fourth-order valence-electron chi connectivity index (χ4n) is 3.46. The average molecular weight is 363 g/mol. The van der Waals surface area contributed by atoms with Crippen LogP contribution in [-0.2, 0) is 4.79 Å². The maximum Gasteiger partial charge on any atom is 0.319 e. The van der Waals surface area contributed by atoms with Crippen LogP contribution >= 0.6 is 0 Å². The van der Waals surface area contributed by atoms with Crippen molar-refractivity contribution in [3.63, 3.8) is 0 Å². The molecule has 1 unspecified atom stereocenters. The summed E-state index contributed by atoms with van der Waals surface area (Å²) in [6.07, 6.45) is 0. The Morgan fingerprint density at radius 3 is 2.44 bits per heavy atom. The van der Waals surface area contributed by atoms with Gasteiger partial charge < -0.3 is 16.0 Å². The average Bonchev–Trinajstić information content (AvgIpc) is 2.59. The van der Waals surface area contributed by atoms with E-state index in [1.165, 1.54) is 0 Å². The SMILES string of the molecule is CC1=C(C(=O)Nc2ccc(C)cc2C)C(c2cccc(C)c2C)NC(=O)N1. The molecule has 0 bridgehead atoms. The maximum absolute atomic E-state index is 13.1. The van der Waals surface area contributed by atoms with Crippen LogP contribution in [0.15, 0.2) is 47.7 Å². The lowest BCUT2D eigenvalue weighted by Gasteiger charge is -2.30. The summed E-state index contributed by atoms with van der Waals surface area (Å²) < 4.78 is 0. The highest BCUT2D eigenvalue weighted by atomic mass is 16.2. The number of urea groups is 1. The third-order valence-corrected chi connectivity index (χ3v) is 5.10. The van der Waals surface area contributed by atoms with E-state index in [0.29, 0.717) is 11.3 Å². The molecule has 140 valence electrons. The van der Waals surface area contributed by atoms with Gasteiger partial charge in [-0.3, -0.25) is 4.79 Å². The molecule has 0 radical (unpaired) electrons. The quantitative estimate of drug-likeness (QED) is 0.765. The molecule has 5 heteroatoms. The molecule has 5 nitrogen and oxygen atoms in total. The summed E-state index contributed by atoms with van der Waals surface area (Å²) in [5, 5.41) is 8.62. The number of nitrogens with one attached hydrogen (secondary N) is 3. The minimum Gasteiger partial charge on any atom is -0.327 e. The minimum atomic E-state index is -0.496. The van der Waals surface area contributed by atoms with Gasteiger partial charge in [0.05, 0.1) is 11.6 Å². The second kappa shape index (κ2) is 7.27. The Kier molecular flexibility index (Phi) is 5.04. The van der Waals surface area contributed by atoms with Crippen LogP contribution in [-0.4, -0.2) is 11.9 Å². The molecule has 2 aromatic carbocycles. The molecule has 1 aliphatic heterocycles. The Hall–Kier alpha value is -3.08. The zero-order chi connectivity index (χ0) is 19.7. The molecule has 0 spiro atoms. The Balaban J connectivity index is 2.01. The first kappa shape index (κ1) is 18.7. The number of carbonyl (C=O) groups excluding carboxylic acids is 2. The molecule has 0 aliphatic carbocycles. The number of hydrogen-bond acceptors (Lipinski definition) is 2. The Bertz CT molecular complexity index is 960. The van der Waals surface area contributed by atoms with Gasteiger partial charge in [-0.2, -0.15) is 0 Å². The second-order valence-corrected chi connectivity index (χ2v) is 7.13. The van der Waals surface area contributed by atoms with Gasteiger partial charge in [0.2, 0.25) is 0 Å². The summed E-state index contributed by atoms with van der Waals surface area (Å²) in [7, 11) is 0. The summed E-state index contributed by atoms with van der Waals surface area (Å²) in [5.74, 6) is -0.224. The van der Waals surface area contributed by atoms with E-state index in [2.05, 4.69) is 16.0 Å². The molecule has 0 aromatic heterocycles. The molecule has 3 N–H and O–H groups in total.